The second kappa shape index (κ2) is 12.5. The minimum atomic E-state index is -0.740. The highest BCUT2D eigenvalue weighted by molar-refractivity contribution is 6.07. The molecule has 11 nitrogen and oxygen atoms in total. The van der Waals surface area contributed by atoms with Gasteiger partial charge >= 0.3 is 11.6 Å². The molecule has 5 heterocycles. The third-order valence-corrected chi connectivity index (χ3v) is 9.60. The van der Waals surface area contributed by atoms with Crippen LogP contribution in [0.15, 0.2) is 80.7 Å². The van der Waals surface area contributed by atoms with Crippen LogP contribution in [0.25, 0.3) is 11.0 Å². The number of fused-ring (bicyclic) bond motifs is 5. The number of pyridine rings is 1. The molecule has 7 rings (SSSR count). The third-order valence-electron chi connectivity index (χ3n) is 9.60. The minimum Gasteiger partial charge on any atom is -0.466 e. The van der Waals surface area contributed by atoms with Crippen molar-refractivity contribution in [2.75, 3.05) is 43.0 Å². The standard InChI is InChI=1S/C36H36N4O7/c1-2-46-35(44)23-12-14-38(15-13-23)34(43)25-10-11-28(37-33(42)27-17-24-6-3-4-8-31(24)47-36(27)45)30(18-25)39-19-22-16-26(21-39)29-7-5-9-32(41)40(29)20-22/h3-11,17-18,22-23,26H,2,12-16,19-21H2,1H3,(H,37,42). The number of aromatic nitrogens is 1. The molecule has 1 N–H and O–H groups in total. The quantitative estimate of drug-likeness (QED) is 0.246. The van der Waals surface area contributed by atoms with Gasteiger partial charge in [0.25, 0.3) is 17.4 Å². The number of hydrogen-bond acceptors (Lipinski definition) is 8. The zero-order chi connectivity index (χ0) is 32.7. The van der Waals surface area contributed by atoms with Crippen molar-refractivity contribution in [3.8, 4) is 0 Å². The number of nitrogens with one attached hydrogen (secondary N) is 1. The Bertz CT molecular complexity index is 1990. The van der Waals surface area contributed by atoms with Gasteiger partial charge in [0.1, 0.15) is 11.1 Å². The molecule has 3 aliphatic rings. The van der Waals surface area contributed by atoms with E-state index in [4.69, 9.17) is 9.15 Å². The van der Waals surface area contributed by atoms with Crippen molar-refractivity contribution in [3.05, 3.63) is 104 Å². The summed E-state index contributed by atoms with van der Waals surface area (Å²) in [4.78, 5) is 68.9. The van der Waals surface area contributed by atoms with Crippen LogP contribution in [0, 0.1) is 11.8 Å². The van der Waals surface area contributed by atoms with Crippen LogP contribution in [-0.4, -0.2) is 60.0 Å². The van der Waals surface area contributed by atoms with E-state index >= 15 is 0 Å². The molecule has 0 radical (unpaired) electrons. The maximum atomic E-state index is 13.8. The Hall–Kier alpha value is -5.19. The summed E-state index contributed by atoms with van der Waals surface area (Å²) in [7, 11) is 0. The molecule has 47 heavy (non-hydrogen) atoms. The van der Waals surface area contributed by atoms with Crippen molar-refractivity contribution in [3.63, 3.8) is 0 Å². The van der Waals surface area contributed by atoms with E-state index in [2.05, 4.69) is 10.2 Å². The molecule has 2 unspecified atom stereocenters. The predicted molar refractivity (Wildman–Crippen MR) is 176 cm³/mol. The average Bonchev–Trinajstić information content (AvgIpc) is 3.08. The zero-order valence-corrected chi connectivity index (χ0v) is 26.1. The number of esters is 1. The summed E-state index contributed by atoms with van der Waals surface area (Å²) >= 11 is 0. The summed E-state index contributed by atoms with van der Waals surface area (Å²) in [6.45, 7) is 4.79. The molecule has 2 saturated heterocycles. The Morgan fingerprint density at radius 1 is 0.936 bits per heavy atom. The van der Waals surface area contributed by atoms with Gasteiger partial charge in [-0.15, -0.1) is 0 Å². The number of benzene rings is 2. The number of hydrogen-bond donors (Lipinski definition) is 1. The third kappa shape index (κ3) is 5.93. The Balaban J connectivity index is 1.20. The SMILES string of the molecule is CCOC(=O)C1CCN(C(=O)c2ccc(NC(=O)c3cc4ccccc4oc3=O)c(N3CC4CC(C3)c3cccc(=O)n3C4)c2)CC1. The van der Waals surface area contributed by atoms with Gasteiger partial charge in [-0.2, -0.15) is 0 Å². The van der Waals surface area contributed by atoms with E-state index in [9.17, 15) is 24.0 Å². The van der Waals surface area contributed by atoms with Crippen LogP contribution in [0.5, 0.6) is 0 Å². The summed E-state index contributed by atoms with van der Waals surface area (Å²) in [6.07, 6.45) is 2.01. The Morgan fingerprint density at radius 3 is 2.55 bits per heavy atom. The maximum absolute atomic E-state index is 13.8. The van der Waals surface area contributed by atoms with Crippen LogP contribution in [0.4, 0.5) is 11.4 Å². The van der Waals surface area contributed by atoms with Gasteiger partial charge in [0, 0.05) is 61.4 Å². The number of para-hydroxylation sites is 1. The van der Waals surface area contributed by atoms with Crippen molar-refractivity contribution in [1.82, 2.24) is 9.47 Å². The first-order valence-corrected chi connectivity index (χ1v) is 16.2. The number of amides is 2. The molecule has 0 spiro atoms. The van der Waals surface area contributed by atoms with E-state index in [-0.39, 0.29) is 40.8 Å². The van der Waals surface area contributed by atoms with Gasteiger partial charge < -0.3 is 28.8 Å². The lowest BCUT2D eigenvalue weighted by Gasteiger charge is -2.44. The van der Waals surface area contributed by atoms with Crippen molar-refractivity contribution < 1.29 is 23.5 Å². The number of nitrogens with zero attached hydrogens (tertiary/aromatic N) is 3. The molecule has 4 aromatic rings. The molecule has 3 aliphatic heterocycles. The highest BCUT2D eigenvalue weighted by Gasteiger charge is 2.36. The molecule has 2 bridgehead atoms. The summed E-state index contributed by atoms with van der Waals surface area (Å²) in [5.74, 6) is -0.923. The Labute approximate surface area is 270 Å². The van der Waals surface area contributed by atoms with Gasteiger partial charge in [0.05, 0.1) is 23.9 Å². The molecule has 2 fully saturated rings. The lowest BCUT2D eigenvalue weighted by Crippen LogP contribution is -2.47. The van der Waals surface area contributed by atoms with Crippen LogP contribution >= 0.6 is 0 Å². The molecule has 2 aromatic heterocycles. The fourth-order valence-corrected chi connectivity index (χ4v) is 7.30. The van der Waals surface area contributed by atoms with Crippen LogP contribution in [-0.2, 0) is 16.1 Å². The van der Waals surface area contributed by atoms with Crippen molar-refractivity contribution >= 4 is 40.1 Å². The van der Waals surface area contributed by atoms with E-state index in [0.717, 1.165) is 12.1 Å². The fraction of sp³-hybridized carbons (Fsp3) is 0.361. The zero-order valence-electron chi connectivity index (χ0n) is 26.1. The Kier molecular flexibility index (Phi) is 8.13. The largest absolute Gasteiger partial charge is 0.466 e. The highest BCUT2D eigenvalue weighted by Crippen LogP contribution is 2.40. The van der Waals surface area contributed by atoms with Crippen LogP contribution in [0.3, 0.4) is 0 Å². The predicted octanol–water partition coefficient (Wildman–Crippen LogP) is 4.25. The molecular formula is C36H36N4O7. The number of ether oxygens (including phenoxy) is 1. The first kappa shape index (κ1) is 30.5. The highest BCUT2D eigenvalue weighted by atomic mass is 16.5. The van der Waals surface area contributed by atoms with E-state index in [1.807, 2.05) is 10.6 Å². The molecular weight excluding hydrogens is 600 g/mol. The van der Waals surface area contributed by atoms with E-state index < -0.39 is 11.5 Å². The molecule has 2 atom stereocenters. The fourth-order valence-electron chi connectivity index (χ4n) is 7.30. The van der Waals surface area contributed by atoms with Gasteiger partial charge in [-0.05, 0) is 68.5 Å². The number of rotatable bonds is 6. The lowest BCUT2D eigenvalue weighted by molar-refractivity contribution is -0.149. The maximum Gasteiger partial charge on any atom is 0.349 e. The van der Waals surface area contributed by atoms with E-state index in [0.29, 0.717) is 80.1 Å². The van der Waals surface area contributed by atoms with Crippen molar-refractivity contribution in [2.24, 2.45) is 11.8 Å². The molecule has 11 heteroatoms. The Morgan fingerprint density at radius 2 is 1.74 bits per heavy atom. The monoisotopic (exact) mass is 636 g/mol. The number of carbonyl (C=O) groups is 3. The summed E-state index contributed by atoms with van der Waals surface area (Å²) in [5.41, 5.74) is 2.09. The second-order valence-electron chi connectivity index (χ2n) is 12.6. The molecule has 0 saturated carbocycles. The minimum absolute atomic E-state index is 0.00728. The van der Waals surface area contributed by atoms with E-state index in [1.165, 1.54) is 6.07 Å². The average molecular weight is 637 g/mol. The molecule has 242 valence electrons. The van der Waals surface area contributed by atoms with Crippen LogP contribution in [0.2, 0.25) is 0 Å². The second-order valence-corrected chi connectivity index (χ2v) is 12.6. The normalized spacial score (nSPS) is 19.3. The number of piperidine rings is 2. The number of likely N-dealkylation sites (tertiary alicyclic amines) is 1. The lowest BCUT2D eigenvalue weighted by atomic mass is 9.83. The van der Waals surface area contributed by atoms with Gasteiger partial charge in [-0.1, -0.05) is 24.3 Å². The first-order chi connectivity index (χ1) is 22.8. The summed E-state index contributed by atoms with van der Waals surface area (Å²) < 4.78 is 12.5. The van der Waals surface area contributed by atoms with Gasteiger partial charge in [-0.25, -0.2) is 4.79 Å². The van der Waals surface area contributed by atoms with Crippen LogP contribution in [0.1, 0.15) is 58.5 Å². The van der Waals surface area contributed by atoms with Crippen molar-refractivity contribution in [1.29, 1.82) is 0 Å². The summed E-state index contributed by atoms with van der Waals surface area (Å²) in [5, 5.41) is 3.56. The molecule has 2 amide bonds. The topological polar surface area (TPSA) is 131 Å². The van der Waals surface area contributed by atoms with Gasteiger partial charge in [0.2, 0.25) is 0 Å². The number of anilines is 2. The molecule has 0 aliphatic carbocycles. The summed E-state index contributed by atoms with van der Waals surface area (Å²) in [6, 6.07) is 19.1. The first-order valence-electron chi connectivity index (χ1n) is 16.2. The van der Waals surface area contributed by atoms with Crippen LogP contribution < -0.4 is 21.4 Å². The van der Waals surface area contributed by atoms with E-state index in [1.54, 1.807) is 66.4 Å². The number of carbonyl (C=O) groups excluding carboxylic acids is 3. The smallest absolute Gasteiger partial charge is 0.349 e. The van der Waals surface area contributed by atoms with Gasteiger partial charge in [0.15, 0.2) is 0 Å². The van der Waals surface area contributed by atoms with Crippen molar-refractivity contribution in [2.45, 2.75) is 38.6 Å². The molecule has 2 aromatic carbocycles. The van der Waals surface area contributed by atoms with Gasteiger partial charge in [-0.3, -0.25) is 19.2 Å².